The lowest BCUT2D eigenvalue weighted by Gasteiger charge is -1.97. The summed E-state index contributed by atoms with van der Waals surface area (Å²) in [7, 11) is 0. The lowest BCUT2D eigenvalue weighted by Crippen LogP contribution is -2.02. The Labute approximate surface area is 113 Å². The zero-order valence-corrected chi connectivity index (χ0v) is 10.3. The van der Waals surface area contributed by atoms with E-state index in [2.05, 4.69) is 4.98 Å². The first-order chi connectivity index (χ1) is 9.65. The monoisotopic (exact) mass is 267 g/mol. The number of non-ortho nitro benzene ring substituents is 1. The molecule has 0 bridgehead atoms. The number of fused-ring (bicyclic) bond motifs is 1. The van der Waals surface area contributed by atoms with Crippen LogP contribution < -0.4 is 0 Å². The highest BCUT2D eigenvalue weighted by molar-refractivity contribution is 6.08. The van der Waals surface area contributed by atoms with Crippen molar-refractivity contribution in [1.29, 1.82) is 0 Å². The van der Waals surface area contributed by atoms with Crippen molar-refractivity contribution in [3.63, 3.8) is 0 Å². The lowest BCUT2D eigenvalue weighted by molar-refractivity contribution is -0.384. The number of pyridine rings is 1. The quantitative estimate of drug-likeness (QED) is 0.415. The summed E-state index contributed by atoms with van der Waals surface area (Å²) in [4.78, 5) is 26.7. The van der Waals surface area contributed by atoms with E-state index in [1.807, 2.05) is 12.1 Å². The first-order valence-electron chi connectivity index (χ1n) is 5.88. The van der Waals surface area contributed by atoms with Crippen LogP contribution in [0.15, 0.2) is 54.9 Å². The van der Waals surface area contributed by atoms with E-state index >= 15 is 0 Å². The molecule has 0 saturated heterocycles. The molecule has 0 saturated carbocycles. The Hall–Kier alpha value is -3.02. The van der Waals surface area contributed by atoms with Crippen LogP contribution in [0.1, 0.15) is 16.1 Å². The second-order valence-corrected chi connectivity index (χ2v) is 4.23. The van der Waals surface area contributed by atoms with Gasteiger partial charge in [-0.05, 0) is 12.1 Å². The molecular formula is C14H9N3O3. The minimum atomic E-state index is -0.527. The summed E-state index contributed by atoms with van der Waals surface area (Å²) in [5.74, 6) is -0.336. The van der Waals surface area contributed by atoms with Crippen molar-refractivity contribution in [2.45, 2.75) is 0 Å². The molecule has 98 valence electrons. The van der Waals surface area contributed by atoms with Crippen molar-refractivity contribution in [1.82, 2.24) is 9.38 Å². The Bertz CT molecular complexity index is 790. The molecule has 0 amide bonds. The Balaban J connectivity index is 2.03. The average Bonchev–Trinajstić information content (AvgIpc) is 2.90. The molecule has 6 nitrogen and oxygen atoms in total. The number of imidazole rings is 1. The van der Waals surface area contributed by atoms with E-state index in [-0.39, 0.29) is 22.7 Å². The van der Waals surface area contributed by atoms with Gasteiger partial charge in [0.05, 0.1) is 4.92 Å². The minimum absolute atomic E-state index is 0.111. The number of nitro groups is 1. The normalized spacial score (nSPS) is 10.6. The fraction of sp³-hybridized carbons (Fsp3) is 0. The summed E-state index contributed by atoms with van der Waals surface area (Å²) < 4.78 is 1.73. The van der Waals surface area contributed by atoms with Crippen LogP contribution in [0.3, 0.4) is 0 Å². The van der Waals surface area contributed by atoms with Crippen molar-refractivity contribution in [2.24, 2.45) is 0 Å². The van der Waals surface area contributed by atoms with Gasteiger partial charge in [-0.1, -0.05) is 18.2 Å². The van der Waals surface area contributed by atoms with Crippen LogP contribution in [-0.4, -0.2) is 20.1 Å². The van der Waals surface area contributed by atoms with Crippen LogP contribution in [0.4, 0.5) is 5.69 Å². The summed E-state index contributed by atoms with van der Waals surface area (Å²) in [5.41, 5.74) is 1.06. The second kappa shape index (κ2) is 4.58. The summed E-state index contributed by atoms with van der Waals surface area (Å²) >= 11 is 0. The number of benzene rings is 1. The SMILES string of the molecule is O=C(c1cccc([N+](=O)[O-])c1)c1cn2ccccc2n1. The molecule has 0 aliphatic carbocycles. The van der Waals surface area contributed by atoms with Crippen molar-refractivity contribution >= 4 is 17.1 Å². The van der Waals surface area contributed by atoms with Gasteiger partial charge >= 0.3 is 0 Å². The van der Waals surface area contributed by atoms with Gasteiger partial charge in [-0.15, -0.1) is 0 Å². The Morgan fingerprint density at radius 3 is 2.80 bits per heavy atom. The van der Waals surface area contributed by atoms with Crippen molar-refractivity contribution < 1.29 is 9.72 Å². The Morgan fingerprint density at radius 1 is 1.20 bits per heavy atom. The van der Waals surface area contributed by atoms with Crippen LogP contribution in [0, 0.1) is 10.1 Å². The summed E-state index contributed by atoms with van der Waals surface area (Å²) in [6.45, 7) is 0. The Kier molecular flexibility index (Phi) is 2.76. The molecule has 0 fully saturated rings. The van der Waals surface area contributed by atoms with Crippen molar-refractivity contribution in [3.05, 3.63) is 76.2 Å². The number of aromatic nitrogens is 2. The summed E-state index contributed by atoms with van der Waals surface area (Å²) in [6, 6.07) is 11.1. The van der Waals surface area contributed by atoms with E-state index in [0.717, 1.165) is 0 Å². The average molecular weight is 267 g/mol. The topological polar surface area (TPSA) is 77.5 Å². The third-order valence-electron chi connectivity index (χ3n) is 2.92. The molecular weight excluding hydrogens is 258 g/mol. The molecule has 0 spiro atoms. The van der Waals surface area contributed by atoms with Crippen LogP contribution >= 0.6 is 0 Å². The molecule has 0 aliphatic rings. The minimum Gasteiger partial charge on any atom is -0.306 e. The Morgan fingerprint density at radius 2 is 2.05 bits per heavy atom. The van der Waals surface area contributed by atoms with Gasteiger partial charge in [-0.3, -0.25) is 14.9 Å². The first kappa shape index (κ1) is 12.0. The second-order valence-electron chi connectivity index (χ2n) is 4.23. The zero-order chi connectivity index (χ0) is 14.1. The van der Waals surface area contributed by atoms with Crippen molar-refractivity contribution in [2.75, 3.05) is 0 Å². The van der Waals surface area contributed by atoms with Gasteiger partial charge in [-0.25, -0.2) is 4.98 Å². The molecule has 20 heavy (non-hydrogen) atoms. The van der Waals surface area contributed by atoms with Crippen LogP contribution in [0.25, 0.3) is 5.65 Å². The maximum Gasteiger partial charge on any atom is 0.270 e. The highest BCUT2D eigenvalue weighted by Gasteiger charge is 2.16. The van der Waals surface area contributed by atoms with E-state index < -0.39 is 4.92 Å². The number of hydrogen-bond acceptors (Lipinski definition) is 4. The lowest BCUT2D eigenvalue weighted by atomic mass is 10.1. The van der Waals surface area contributed by atoms with E-state index in [1.165, 1.54) is 18.2 Å². The van der Waals surface area contributed by atoms with Gasteiger partial charge in [0.15, 0.2) is 0 Å². The summed E-state index contributed by atoms with van der Waals surface area (Å²) in [6.07, 6.45) is 3.39. The number of carbonyl (C=O) groups is 1. The van der Waals surface area contributed by atoms with E-state index in [1.54, 1.807) is 28.9 Å². The van der Waals surface area contributed by atoms with Gasteiger partial charge in [0.1, 0.15) is 11.3 Å². The molecule has 0 radical (unpaired) electrons. The number of ketones is 1. The van der Waals surface area contributed by atoms with Gasteiger partial charge < -0.3 is 4.40 Å². The fourth-order valence-corrected chi connectivity index (χ4v) is 1.95. The van der Waals surface area contributed by atoms with Crippen LogP contribution in [-0.2, 0) is 0 Å². The highest BCUT2D eigenvalue weighted by Crippen LogP contribution is 2.16. The molecule has 0 atom stereocenters. The zero-order valence-electron chi connectivity index (χ0n) is 10.3. The number of rotatable bonds is 3. The molecule has 0 aliphatic heterocycles. The first-order valence-corrected chi connectivity index (χ1v) is 5.88. The van der Waals surface area contributed by atoms with Gasteiger partial charge in [0.2, 0.25) is 5.78 Å². The number of carbonyl (C=O) groups excluding carboxylic acids is 1. The number of hydrogen-bond donors (Lipinski definition) is 0. The predicted octanol–water partition coefficient (Wildman–Crippen LogP) is 2.47. The molecule has 0 unspecified atom stereocenters. The fourth-order valence-electron chi connectivity index (χ4n) is 1.95. The molecule has 6 heteroatoms. The standard InChI is InChI=1S/C14H9N3O3/c18-14(10-4-3-5-11(8-10)17(19)20)12-9-16-7-2-1-6-13(16)15-12/h1-9H. The molecule has 1 aromatic carbocycles. The molecule has 2 heterocycles. The van der Waals surface area contributed by atoms with E-state index in [9.17, 15) is 14.9 Å². The van der Waals surface area contributed by atoms with Gasteiger partial charge in [-0.2, -0.15) is 0 Å². The summed E-state index contributed by atoms with van der Waals surface area (Å²) in [5, 5.41) is 10.7. The third kappa shape index (κ3) is 2.03. The predicted molar refractivity (Wildman–Crippen MR) is 71.7 cm³/mol. The maximum atomic E-state index is 12.3. The van der Waals surface area contributed by atoms with Crippen molar-refractivity contribution in [3.8, 4) is 0 Å². The largest absolute Gasteiger partial charge is 0.306 e. The molecule has 2 aromatic heterocycles. The highest BCUT2D eigenvalue weighted by atomic mass is 16.6. The van der Waals surface area contributed by atoms with Crippen LogP contribution in [0.2, 0.25) is 0 Å². The molecule has 3 rings (SSSR count). The van der Waals surface area contributed by atoms with Crippen LogP contribution in [0.5, 0.6) is 0 Å². The number of nitro benzene ring substituents is 1. The third-order valence-corrected chi connectivity index (χ3v) is 2.92. The van der Waals surface area contributed by atoms with Gasteiger partial charge in [0.25, 0.3) is 5.69 Å². The molecule has 3 aromatic rings. The van der Waals surface area contributed by atoms with E-state index in [4.69, 9.17) is 0 Å². The van der Waals surface area contributed by atoms with E-state index in [0.29, 0.717) is 5.65 Å². The molecule has 0 N–H and O–H groups in total. The maximum absolute atomic E-state index is 12.3. The number of nitrogens with zero attached hydrogens (tertiary/aromatic N) is 3. The van der Waals surface area contributed by atoms with Gasteiger partial charge in [0, 0.05) is 30.1 Å². The smallest absolute Gasteiger partial charge is 0.270 e.